The molecule has 0 spiro atoms. The van der Waals surface area contributed by atoms with Crippen LogP contribution in [0.15, 0.2) is 35.7 Å². The summed E-state index contributed by atoms with van der Waals surface area (Å²) in [5, 5.41) is 4.92. The Balaban J connectivity index is 1.63. The van der Waals surface area contributed by atoms with Gasteiger partial charge in [-0.05, 0) is 54.6 Å². The van der Waals surface area contributed by atoms with Crippen molar-refractivity contribution in [1.82, 2.24) is 0 Å². The van der Waals surface area contributed by atoms with Crippen molar-refractivity contribution in [3.8, 4) is 0 Å². The maximum absolute atomic E-state index is 12.1. The van der Waals surface area contributed by atoms with E-state index >= 15 is 0 Å². The molecule has 5 heteroatoms. The van der Waals surface area contributed by atoms with Gasteiger partial charge in [0.25, 0.3) is 5.91 Å². The summed E-state index contributed by atoms with van der Waals surface area (Å²) in [5.41, 5.74) is 3.11. The average molecular weight is 316 g/mol. The number of nitrogens with zero attached hydrogens (tertiary/aromatic N) is 1. The molecule has 1 amide bonds. The fraction of sp³-hybridized carbons (Fsp3) is 0.353. The summed E-state index contributed by atoms with van der Waals surface area (Å²) < 4.78 is 5.39. The van der Waals surface area contributed by atoms with Gasteiger partial charge in [-0.2, -0.15) is 0 Å². The molecule has 1 unspecified atom stereocenters. The summed E-state index contributed by atoms with van der Waals surface area (Å²) in [6, 6.07) is 9.91. The van der Waals surface area contributed by atoms with Crippen molar-refractivity contribution in [1.29, 1.82) is 0 Å². The van der Waals surface area contributed by atoms with Crippen LogP contribution in [0, 0.1) is 6.92 Å². The molecule has 22 heavy (non-hydrogen) atoms. The van der Waals surface area contributed by atoms with E-state index in [0.717, 1.165) is 35.6 Å². The molecule has 1 fully saturated rings. The summed E-state index contributed by atoms with van der Waals surface area (Å²) >= 11 is 1.47. The Morgan fingerprint density at radius 2 is 2.14 bits per heavy atom. The lowest BCUT2D eigenvalue weighted by Crippen LogP contribution is -2.22. The van der Waals surface area contributed by atoms with Crippen molar-refractivity contribution in [3.05, 3.63) is 46.2 Å². The smallest absolute Gasteiger partial charge is 0.265 e. The van der Waals surface area contributed by atoms with Gasteiger partial charge in [0.2, 0.25) is 0 Å². The van der Waals surface area contributed by atoms with E-state index in [4.69, 9.17) is 4.74 Å². The van der Waals surface area contributed by atoms with E-state index in [9.17, 15) is 4.79 Å². The molecular formula is C17H20N2O2S. The summed E-state index contributed by atoms with van der Waals surface area (Å²) in [6.07, 6.45) is 1.38. The molecule has 1 saturated heterocycles. The molecule has 2 aromatic rings. The Morgan fingerprint density at radius 1 is 1.36 bits per heavy atom. The fourth-order valence-corrected chi connectivity index (χ4v) is 3.45. The second-order valence-electron chi connectivity index (χ2n) is 5.58. The maximum atomic E-state index is 12.1. The number of anilines is 2. The van der Waals surface area contributed by atoms with Crippen LogP contribution in [0.1, 0.15) is 21.7 Å². The molecule has 1 N–H and O–H groups in total. The zero-order valence-electron chi connectivity index (χ0n) is 12.8. The summed E-state index contributed by atoms with van der Waals surface area (Å²) in [7, 11) is 1.76. The van der Waals surface area contributed by atoms with Crippen LogP contribution in [-0.2, 0) is 4.74 Å². The Kier molecular flexibility index (Phi) is 4.45. The molecule has 1 aromatic heterocycles. The number of methoxy groups -OCH3 is 1. The van der Waals surface area contributed by atoms with Crippen LogP contribution in [0.3, 0.4) is 0 Å². The lowest BCUT2D eigenvalue weighted by atomic mass is 10.2. The highest BCUT2D eigenvalue weighted by atomic mass is 32.1. The van der Waals surface area contributed by atoms with Gasteiger partial charge >= 0.3 is 0 Å². The minimum atomic E-state index is -0.0496. The fourth-order valence-electron chi connectivity index (χ4n) is 2.65. The predicted molar refractivity (Wildman–Crippen MR) is 91.1 cm³/mol. The summed E-state index contributed by atoms with van der Waals surface area (Å²) in [4.78, 5) is 15.2. The quantitative estimate of drug-likeness (QED) is 0.938. The van der Waals surface area contributed by atoms with Gasteiger partial charge in [-0.25, -0.2) is 0 Å². The second kappa shape index (κ2) is 6.50. The molecule has 1 aromatic carbocycles. The first-order valence-electron chi connectivity index (χ1n) is 7.40. The minimum Gasteiger partial charge on any atom is -0.380 e. The molecule has 1 aliphatic heterocycles. The number of benzene rings is 1. The second-order valence-corrected chi connectivity index (χ2v) is 6.49. The van der Waals surface area contributed by atoms with Crippen LogP contribution >= 0.6 is 11.3 Å². The van der Waals surface area contributed by atoms with Crippen LogP contribution in [0.5, 0.6) is 0 Å². The van der Waals surface area contributed by atoms with E-state index < -0.39 is 0 Å². The highest BCUT2D eigenvalue weighted by Crippen LogP contribution is 2.24. The number of carbonyl (C=O) groups is 1. The zero-order chi connectivity index (χ0) is 15.5. The SMILES string of the molecule is COC1CCN(c2ccc(NC(=O)c3cc(C)cs3)cc2)C1. The highest BCUT2D eigenvalue weighted by molar-refractivity contribution is 7.12. The highest BCUT2D eigenvalue weighted by Gasteiger charge is 2.22. The van der Waals surface area contributed by atoms with Crippen LogP contribution in [0.25, 0.3) is 0 Å². The van der Waals surface area contributed by atoms with Gasteiger partial charge in [0.1, 0.15) is 0 Å². The Bertz CT molecular complexity index is 651. The number of nitrogens with one attached hydrogen (secondary N) is 1. The molecule has 1 atom stereocenters. The Morgan fingerprint density at radius 3 is 2.73 bits per heavy atom. The number of rotatable bonds is 4. The van der Waals surface area contributed by atoms with Gasteiger partial charge < -0.3 is 15.0 Å². The molecular weight excluding hydrogens is 296 g/mol. The van der Waals surface area contributed by atoms with Gasteiger partial charge in [-0.1, -0.05) is 0 Å². The minimum absolute atomic E-state index is 0.0496. The van der Waals surface area contributed by atoms with E-state index in [2.05, 4.69) is 10.2 Å². The molecule has 3 rings (SSSR count). The van der Waals surface area contributed by atoms with Gasteiger partial charge in [-0.15, -0.1) is 11.3 Å². The third-order valence-electron chi connectivity index (χ3n) is 3.92. The molecule has 116 valence electrons. The normalized spacial score (nSPS) is 17.7. The predicted octanol–water partition coefficient (Wildman–Crippen LogP) is 3.53. The number of hydrogen-bond donors (Lipinski definition) is 1. The molecule has 0 aliphatic carbocycles. The average Bonchev–Trinajstić information content (AvgIpc) is 3.17. The van der Waals surface area contributed by atoms with E-state index in [1.165, 1.54) is 17.0 Å². The van der Waals surface area contributed by atoms with E-state index in [-0.39, 0.29) is 5.91 Å². The first kappa shape index (κ1) is 15.1. The van der Waals surface area contributed by atoms with E-state index in [1.807, 2.05) is 42.6 Å². The summed E-state index contributed by atoms with van der Waals surface area (Å²) in [6.45, 7) is 3.93. The lowest BCUT2D eigenvalue weighted by Gasteiger charge is -2.18. The van der Waals surface area contributed by atoms with Crippen LogP contribution in [0.4, 0.5) is 11.4 Å². The molecule has 0 saturated carbocycles. The van der Waals surface area contributed by atoms with Crippen LogP contribution in [0.2, 0.25) is 0 Å². The molecule has 2 heterocycles. The topological polar surface area (TPSA) is 41.6 Å². The monoisotopic (exact) mass is 316 g/mol. The standard InChI is InChI=1S/C17H20N2O2S/c1-12-9-16(22-11-12)17(20)18-13-3-5-14(6-4-13)19-8-7-15(10-19)21-2/h3-6,9,11,15H,7-8,10H2,1-2H3,(H,18,20). The Labute approximate surface area is 134 Å². The van der Waals surface area contributed by atoms with Crippen LogP contribution in [-0.4, -0.2) is 32.2 Å². The first-order valence-corrected chi connectivity index (χ1v) is 8.28. The molecule has 4 nitrogen and oxygen atoms in total. The van der Waals surface area contributed by atoms with E-state index in [0.29, 0.717) is 6.10 Å². The van der Waals surface area contributed by atoms with Crippen molar-refractivity contribution in [2.75, 3.05) is 30.4 Å². The lowest BCUT2D eigenvalue weighted by molar-refractivity contribution is 0.103. The number of carbonyl (C=O) groups excluding carboxylic acids is 1. The van der Waals surface area contributed by atoms with Gasteiger partial charge in [0.05, 0.1) is 11.0 Å². The van der Waals surface area contributed by atoms with Crippen molar-refractivity contribution in [2.24, 2.45) is 0 Å². The van der Waals surface area contributed by atoms with Crippen molar-refractivity contribution in [2.45, 2.75) is 19.4 Å². The van der Waals surface area contributed by atoms with E-state index in [1.54, 1.807) is 7.11 Å². The third-order valence-corrected chi connectivity index (χ3v) is 4.97. The molecule has 0 bridgehead atoms. The number of hydrogen-bond acceptors (Lipinski definition) is 4. The van der Waals surface area contributed by atoms with Crippen LogP contribution < -0.4 is 10.2 Å². The number of ether oxygens (including phenoxy) is 1. The number of aryl methyl sites for hydroxylation is 1. The van der Waals surface area contributed by atoms with Crippen molar-refractivity contribution < 1.29 is 9.53 Å². The zero-order valence-corrected chi connectivity index (χ0v) is 13.7. The van der Waals surface area contributed by atoms with Crippen molar-refractivity contribution >= 4 is 28.6 Å². The van der Waals surface area contributed by atoms with Gasteiger partial charge in [0, 0.05) is 31.6 Å². The van der Waals surface area contributed by atoms with Crippen molar-refractivity contribution in [3.63, 3.8) is 0 Å². The maximum Gasteiger partial charge on any atom is 0.265 e. The molecule has 0 radical (unpaired) electrons. The first-order chi connectivity index (χ1) is 10.7. The third kappa shape index (κ3) is 3.31. The largest absolute Gasteiger partial charge is 0.380 e. The number of amides is 1. The van der Waals surface area contributed by atoms with Gasteiger partial charge in [-0.3, -0.25) is 4.79 Å². The molecule has 1 aliphatic rings. The number of thiophene rings is 1. The summed E-state index contributed by atoms with van der Waals surface area (Å²) in [5.74, 6) is -0.0496. The van der Waals surface area contributed by atoms with Gasteiger partial charge in [0.15, 0.2) is 0 Å². The Hall–Kier alpha value is -1.85.